The molecule has 1 fully saturated rings. The zero-order chi connectivity index (χ0) is 12.8. The third-order valence-electron chi connectivity index (χ3n) is 3.41. The van der Waals surface area contributed by atoms with Crippen LogP contribution in [0.4, 0.5) is 0 Å². The fraction of sp³-hybridized carbons (Fsp3) is 0.714. The summed E-state index contributed by atoms with van der Waals surface area (Å²) in [5, 5.41) is 3.38. The van der Waals surface area contributed by atoms with Gasteiger partial charge in [0, 0.05) is 32.3 Å². The third-order valence-corrected chi connectivity index (χ3v) is 3.41. The van der Waals surface area contributed by atoms with Gasteiger partial charge in [0.15, 0.2) is 0 Å². The molecule has 1 aliphatic rings. The number of methoxy groups -OCH3 is 1. The molecule has 4 nitrogen and oxygen atoms in total. The fourth-order valence-corrected chi connectivity index (χ4v) is 2.36. The summed E-state index contributed by atoms with van der Waals surface area (Å²) in [6.07, 6.45) is 4.55. The quantitative estimate of drug-likeness (QED) is 0.753. The molecule has 1 aromatic heterocycles. The monoisotopic (exact) mass is 252 g/mol. The van der Waals surface area contributed by atoms with Crippen LogP contribution >= 0.6 is 0 Å². The second-order valence-electron chi connectivity index (χ2n) is 4.98. The van der Waals surface area contributed by atoms with Crippen molar-refractivity contribution in [3.63, 3.8) is 0 Å². The van der Waals surface area contributed by atoms with Crippen LogP contribution in [0.2, 0.25) is 0 Å². The molecule has 4 heteroatoms. The maximum absolute atomic E-state index is 5.60. The van der Waals surface area contributed by atoms with Crippen molar-refractivity contribution >= 4 is 0 Å². The van der Waals surface area contributed by atoms with E-state index in [0.717, 1.165) is 51.3 Å². The SMILES string of the molecule is CCCNCc1coc(CN2CCC(OC)C2)c1. The Bertz CT molecular complexity index is 351. The minimum Gasteiger partial charge on any atom is -0.468 e. The molecule has 1 aromatic rings. The second-order valence-corrected chi connectivity index (χ2v) is 4.98. The molecule has 1 N–H and O–H groups in total. The molecule has 2 rings (SSSR count). The number of likely N-dealkylation sites (tertiary alicyclic amines) is 1. The van der Waals surface area contributed by atoms with Crippen molar-refractivity contribution in [3.05, 3.63) is 23.7 Å². The van der Waals surface area contributed by atoms with Gasteiger partial charge in [-0.15, -0.1) is 0 Å². The third kappa shape index (κ3) is 3.83. The summed E-state index contributed by atoms with van der Waals surface area (Å²) in [4.78, 5) is 2.39. The fourth-order valence-electron chi connectivity index (χ4n) is 2.36. The first-order valence-corrected chi connectivity index (χ1v) is 6.84. The van der Waals surface area contributed by atoms with Crippen LogP contribution in [0.25, 0.3) is 0 Å². The Balaban J connectivity index is 1.76. The van der Waals surface area contributed by atoms with E-state index in [4.69, 9.17) is 9.15 Å². The van der Waals surface area contributed by atoms with E-state index in [-0.39, 0.29) is 0 Å². The van der Waals surface area contributed by atoms with Crippen LogP contribution in [-0.2, 0) is 17.8 Å². The number of hydrogen-bond acceptors (Lipinski definition) is 4. The normalized spacial score (nSPS) is 20.7. The van der Waals surface area contributed by atoms with E-state index in [9.17, 15) is 0 Å². The van der Waals surface area contributed by atoms with Crippen molar-refractivity contribution in [1.82, 2.24) is 10.2 Å². The minimum absolute atomic E-state index is 0.394. The lowest BCUT2D eigenvalue weighted by molar-refractivity contribution is 0.106. The lowest BCUT2D eigenvalue weighted by Gasteiger charge is -2.13. The zero-order valence-corrected chi connectivity index (χ0v) is 11.4. The van der Waals surface area contributed by atoms with E-state index in [2.05, 4.69) is 23.2 Å². The molecular weight excluding hydrogens is 228 g/mol. The molecule has 0 bridgehead atoms. The number of nitrogens with zero attached hydrogens (tertiary/aromatic N) is 1. The summed E-state index contributed by atoms with van der Waals surface area (Å²) >= 11 is 0. The van der Waals surface area contributed by atoms with Gasteiger partial charge in [0.25, 0.3) is 0 Å². The molecular formula is C14H24N2O2. The van der Waals surface area contributed by atoms with E-state index in [0.29, 0.717) is 6.10 Å². The largest absolute Gasteiger partial charge is 0.468 e. The number of ether oxygens (including phenoxy) is 1. The summed E-state index contributed by atoms with van der Waals surface area (Å²) < 4.78 is 11.0. The summed E-state index contributed by atoms with van der Waals surface area (Å²) in [6, 6.07) is 2.16. The number of nitrogens with one attached hydrogen (secondary N) is 1. The molecule has 0 amide bonds. The van der Waals surface area contributed by atoms with Gasteiger partial charge in [0.1, 0.15) is 5.76 Å². The first-order chi connectivity index (χ1) is 8.81. The average molecular weight is 252 g/mol. The van der Waals surface area contributed by atoms with Gasteiger partial charge in [-0.05, 0) is 25.5 Å². The van der Waals surface area contributed by atoms with Crippen LogP contribution in [-0.4, -0.2) is 37.7 Å². The molecule has 0 aromatic carbocycles. The highest BCUT2D eigenvalue weighted by molar-refractivity contribution is 5.12. The predicted octanol–water partition coefficient (Wildman–Crippen LogP) is 2.00. The molecule has 2 heterocycles. The van der Waals surface area contributed by atoms with E-state index < -0.39 is 0 Å². The molecule has 0 saturated carbocycles. The number of rotatable bonds is 7. The van der Waals surface area contributed by atoms with Gasteiger partial charge in [-0.2, -0.15) is 0 Å². The molecule has 1 aliphatic heterocycles. The first-order valence-electron chi connectivity index (χ1n) is 6.84. The Morgan fingerprint density at radius 3 is 3.17 bits per heavy atom. The van der Waals surface area contributed by atoms with Crippen molar-refractivity contribution in [2.75, 3.05) is 26.7 Å². The molecule has 1 unspecified atom stereocenters. The lowest BCUT2D eigenvalue weighted by Crippen LogP contribution is -2.22. The van der Waals surface area contributed by atoms with E-state index in [1.165, 1.54) is 5.56 Å². The Kier molecular flexibility index (Phi) is 5.23. The van der Waals surface area contributed by atoms with Gasteiger partial charge < -0.3 is 14.5 Å². The number of hydrogen-bond donors (Lipinski definition) is 1. The lowest BCUT2D eigenvalue weighted by atomic mass is 10.3. The van der Waals surface area contributed by atoms with E-state index in [1.807, 2.05) is 6.26 Å². The highest BCUT2D eigenvalue weighted by Gasteiger charge is 2.22. The molecule has 18 heavy (non-hydrogen) atoms. The van der Waals surface area contributed by atoms with Crippen LogP contribution in [0, 0.1) is 0 Å². The predicted molar refractivity (Wildman–Crippen MR) is 71.4 cm³/mol. The van der Waals surface area contributed by atoms with Crippen LogP contribution in [0.5, 0.6) is 0 Å². The summed E-state index contributed by atoms with van der Waals surface area (Å²) in [5.41, 5.74) is 1.24. The van der Waals surface area contributed by atoms with E-state index >= 15 is 0 Å². The van der Waals surface area contributed by atoms with Crippen LogP contribution in [0.1, 0.15) is 31.1 Å². The molecule has 1 saturated heterocycles. The molecule has 0 aliphatic carbocycles. The molecule has 0 spiro atoms. The number of furan rings is 1. The molecule has 1 atom stereocenters. The first kappa shape index (κ1) is 13.6. The minimum atomic E-state index is 0.394. The highest BCUT2D eigenvalue weighted by Crippen LogP contribution is 2.17. The van der Waals surface area contributed by atoms with Gasteiger partial charge >= 0.3 is 0 Å². The topological polar surface area (TPSA) is 37.6 Å². The highest BCUT2D eigenvalue weighted by atomic mass is 16.5. The van der Waals surface area contributed by atoms with Crippen LogP contribution < -0.4 is 5.32 Å². The zero-order valence-electron chi connectivity index (χ0n) is 11.4. The van der Waals surface area contributed by atoms with Crippen molar-refractivity contribution in [2.45, 2.75) is 39.0 Å². The van der Waals surface area contributed by atoms with Crippen LogP contribution in [0.3, 0.4) is 0 Å². The Morgan fingerprint density at radius 2 is 2.44 bits per heavy atom. The van der Waals surface area contributed by atoms with Crippen molar-refractivity contribution in [3.8, 4) is 0 Å². The van der Waals surface area contributed by atoms with Gasteiger partial charge in [0.2, 0.25) is 0 Å². The van der Waals surface area contributed by atoms with Crippen molar-refractivity contribution in [2.24, 2.45) is 0 Å². The maximum Gasteiger partial charge on any atom is 0.118 e. The standard InChI is InChI=1S/C14H24N2O2/c1-3-5-15-8-12-7-14(18-11-12)10-16-6-4-13(9-16)17-2/h7,11,13,15H,3-6,8-10H2,1-2H3. The van der Waals surface area contributed by atoms with Gasteiger partial charge in [-0.25, -0.2) is 0 Å². The maximum atomic E-state index is 5.60. The van der Waals surface area contributed by atoms with Crippen LogP contribution in [0.15, 0.2) is 16.7 Å². The molecule has 0 radical (unpaired) electrons. The Hall–Kier alpha value is -0.840. The summed E-state index contributed by atoms with van der Waals surface area (Å²) in [7, 11) is 1.79. The van der Waals surface area contributed by atoms with Gasteiger partial charge in [0.05, 0.1) is 18.9 Å². The smallest absolute Gasteiger partial charge is 0.118 e. The summed E-state index contributed by atoms with van der Waals surface area (Å²) in [6.45, 7) is 7.14. The summed E-state index contributed by atoms with van der Waals surface area (Å²) in [5.74, 6) is 1.06. The van der Waals surface area contributed by atoms with Crippen molar-refractivity contribution in [1.29, 1.82) is 0 Å². The Morgan fingerprint density at radius 1 is 1.56 bits per heavy atom. The van der Waals surface area contributed by atoms with Crippen molar-refractivity contribution < 1.29 is 9.15 Å². The van der Waals surface area contributed by atoms with Gasteiger partial charge in [-0.3, -0.25) is 4.90 Å². The average Bonchev–Trinajstić information content (AvgIpc) is 3.00. The molecule has 102 valence electrons. The van der Waals surface area contributed by atoms with E-state index in [1.54, 1.807) is 7.11 Å². The van der Waals surface area contributed by atoms with Gasteiger partial charge in [-0.1, -0.05) is 6.92 Å². The Labute approximate surface area is 109 Å². The second kappa shape index (κ2) is 6.92.